The number of piperazine rings is 1. The number of amides is 4. The van der Waals surface area contributed by atoms with Crippen LogP contribution in [0.3, 0.4) is 0 Å². The molecule has 1 aliphatic heterocycles. The molecular formula is C19H18Cl2N4O3. The summed E-state index contributed by atoms with van der Waals surface area (Å²) < 4.78 is 0. The Labute approximate surface area is 172 Å². The van der Waals surface area contributed by atoms with Gasteiger partial charge in [0, 0.05) is 34.5 Å². The molecule has 0 bridgehead atoms. The highest BCUT2D eigenvalue weighted by atomic mass is 35.5. The summed E-state index contributed by atoms with van der Waals surface area (Å²) in [7, 11) is 0. The third-order valence-electron chi connectivity index (χ3n) is 4.14. The number of rotatable bonds is 4. The SMILES string of the molecule is O=C(C[C@@H]1C(=O)NCCN1C(=O)Nc1ccccc1)Nc1cc(Cl)cc(Cl)c1. The summed E-state index contributed by atoms with van der Waals surface area (Å²) >= 11 is 11.9. The normalized spacial score (nSPS) is 16.3. The molecule has 0 aromatic heterocycles. The summed E-state index contributed by atoms with van der Waals surface area (Å²) in [6.45, 7) is 0.619. The standard InChI is InChI=1S/C19H18Cl2N4O3/c20-12-8-13(21)10-15(9-12)23-17(26)11-16-18(27)22-6-7-25(16)19(28)24-14-4-2-1-3-5-14/h1-5,8-10,16H,6-7,11H2,(H,22,27)(H,23,26)(H,24,28)/t16-/m1/s1. The largest absolute Gasteiger partial charge is 0.353 e. The Morgan fingerprint density at radius 1 is 1.04 bits per heavy atom. The highest BCUT2D eigenvalue weighted by molar-refractivity contribution is 6.35. The highest BCUT2D eigenvalue weighted by Gasteiger charge is 2.34. The lowest BCUT2D eigenvalue weighted by Gasteiger charge is -2.34. The van der Waals surface area contributed by atoms with Crippen molar-refractivity contribution in [2.24, 2.45) is 0 Å². The molecule has 3 N–H and O–H groups in total. The maximum atomic E-state index is 12.6. The van der Waals surface area contributed by atoms with Crippen molar-refractivity contribution in [1.82, 2.24) is 10.2 Å². The maximum absolute atomic E-state index is 12.6. The van der Waals surface area contributed by atoms with E-state index in [4.69, 9.17) is 23.2 Å². The molecule has 0 saturated carbocycles. The first-order valence-corrected chi connectivity index (χ1v) is 9.34. The molecule has 2 aromatic rings. The molecule has 0 unspecified atom stereocenters. The first-order chi connectivity index (χ1) is 13.4. The van der Waals surface area contributed by atoms with Crippen LogP contribution in [-0.2, 0) is 9.59 Å². The molecule has 7 nitrogen and oxygen atoms in total. The van der Waals surface area contributed by atoms with E-state index in [9.17, 15) is 14.4 Å². The van der Waals surface area contributed by atoms with Crippen molar-refractivity contribution in [3.63, 3.8) is 0 Å². The van der Waals surface area contributed by atoms with E-state index in [2.05, 4.69) is 16.0 Å². The summed E-state index contributed by atoms with van der Waals surface area (Å²) in [5.74, 6) is -0.813. The smallest absolute Gasteiger partial charge is 0.322 e. The number of carbonyl (C=O) groups excluding carboxylic acids is 3. The molecule has 1 fully saturated rings. The molecule has 9 heteroatoms. The number of hydrogen-bond acceptors (Lipinski definition) is 3. The molecule has 1 aliphatic rings. The summed E-state index contributed by atoms with van der Waals surface area (Å²) in [6.07, 6.45) is -0.196. The Kier molecular flexibility index (Phi) is 6.38. The molecule has 2 aromatic carbocycles. The molecular weight excluding hydrogens is 403 g/mol. The number of benzene rings is 2. The van der Waals surface area contributed by atoms with Gasteiger partial charge in [0.15, 0.2) is 0 Å². The second kappa shape index (κ2) is 8.95. The number of halogens is 2. The fourth-order valence-corrected chi connectivity index (χ4v) is 3.42. The Morgan fingerprint density at radius 2 is 1.71 bits per heavy atom. The van der Waals surface area contributed by atoms with Gasteiger partial charge in [-0.05, 0) is 30.3 Å². The third-order valence-corrected chi connectivity index (χ3v) is 4.58. The molecule has 3 rings (SSSR count). The van der Waals surface area contributed by atoms with E-state index in [0.717, 1.165) is 0 Å². The summed E-state index contributed by atoms with van der Waals surface area (Å²) in [4.78, 5) is 38.7. The Morgan fingerprint density at radius 3 is 2.39 bits per heavy atom. The van der Waals surface area contributed by atoms with Crippen LogP contribution in [0.1, 0.15) is 6.42 Å². The van der Waals surface area contributed by atoms with Crippen LogP contribution in [0.2, 0.25) is 10.0 Å². The van der Waals surface area contributed by atoms with Gasteiger partial charge in [-0.2, -0.15) is 0 Å². The second-order valence-corrected chi connectivity index (χ2v) is 7.08. The van der Waals surface area contributed by atoms with Gasteiger partial charge in [-0.3, -0.25) is 9.59 Å². The maximum Gasteiger partial charge on any atom is 0.322 e. The zero-order valence-corrected chi connectivity index (χ0v) is 16.3. The van der Waals surface area contributed by atoms with Gasteiger partial charge >= 0.3 is 6.03 Å². The van der Waals surface area contributed by atoms with Crippen molar-refractivity contribution in [3.8, 4) is 0 Å². The van der Waals surface area contributed by atoms with E-state index in [1.807, 2.05) is 6.07 Å². The molecule has 1 saturated heterocycles. The minimum atomic E-state index is -0.924. The van der Waals surface area contributed by atoms with E-state index in [1.54, 1.807) is 42.5 Å². The van der Waals surface area contributed by atoms with Crippen LogP contribution in [0.5, 0.6) is 0 Å². The fourth-order valence-electron chi connectivity index (χ4n) is 2.89. The van der Waals surface area contributed by atoms with Crippen LogP contribution >= 0.6 is 23.2 Å². The van der Waals surface area contributed by atoms with Crippen LogP contribution in [0.4, 0.5) is 16.2 Å². The van der Waals surface area contributed by atoms with Crippen LogP contribution < -0.4 is 16.0 Å². The highest BCUT2D eigenvalue weighted by Crippen LogP contribution is 2.23. The lowest BCUT2D eigenvalue weighted by atomic mass is 10.1. The van der Waals surface area contributed by atoms with Gasteiger partial charge in [0.1, 0.15) is 6.04 Å². The monoisotopic (exact) mass is 420 g/mol. The van der Waals surface area contributed by atoms with E-state index in [-0.39, 0.29) is 12.3 Å². The number of urea groups is 1. The van der Waals surface area contributed by atoms with E-state index in [0.29, 0.717) is 34.5 Å². The number of anilines is 2. The number of hydrogen-bond donors (Lipinski definition) is 3. The minimum Gasteiger partial charge on any atom is -0.353 e. The van der Waals surface area contributed by atoms with Crippen LogP contribution in [-0.4, -0.2) is 41.9 Å². The fraction of sp³-hybridized carbons (Fsp3) is 0.211. The van der Waals surface area contributed by atoms with E-state index >= 15 is 0 Å². The zero-order chi connectivity index (χ0) is 20.1. The summed E-state index contributed by atoms with van der Waals surface area (Å²) in [5.41, 5.74) is 1.02. The predicted octanol–water partition coefficient (Wildman–Crippen LogP) is 3.35. The third kappa shape index (κ3) is 5.15. The predicted molar refractivity (Wildman–Crippen MR) is 109 cm³/mol. The summed E-state index contributed by atoms with van der Waals surface area (Å²) in [5, 5.41) is 8.83. The van der Waals surface area contributed by atoms with Crippen molar-refractivity contribution >= 4 is 52.4 Å². The van der Waals surface area contributed by atoms with Crippen molar-refractivity contribution in [2.45, 2.75) is 12.5 Å². The Balaban J connectivity index is 1.68. The lowest BCUT2D eigenvalue weighted by Crippen LogP contribution is -2.59. The van der Waals surface area contributed by atoms with Gasteiger partial charge in [-0.1, -0.05) is 41.4 Å². The average molecular weight is 421 g/mol. The van der Waals surface area contributed by atoms with Gasteiger partial charge in [0.2, 0.25) is 11.8 Å². The van der Waals surface area contributed by atoms with Crippen LogP contribution in [0, 0.1) is 0 Å². The lowest BCUT2D eigenvalue weighted by molar-refractivity contribution is -0.130. The van der Waals surface area contributed by atoms with Crippen LogP contribution in [0.25, 0.3) is 0 Å². The Bertz CT molecular complexity index is 872. The van der Waals surface area contributed by atoms with Crippen LogP contribution in [0.15, 0.2) is 48.5 Å². The quantitative estimate of drug-likeness (QED) is 0.707. The molecule has 1 heterocycles. The van der Waals surface area contributed by atoms with E-state index < -0.39 is 18.0 Å². The van der Waals surface area contributed by atoms with Crippen molar-refractivity contribution < 1.29 is 14.4 Å². The topological polar surface area (TPSA) is 90.5 Å². The van der Waals surface area contributed by atoms with Crippen molar-refractivity contribution in [1.29, 1.82) is 0 Å². The molecule has 146 valence electrons. The molecule has 0 spiro atoms. The van der Waals surface area contributed by atoms with Gasteiger partial charge in [-0.15, -0.1) is 0 Å². The van der Waals surface area contributed by atoms with Crippen molar-refractivity contribution in [2.75, 3.05) is 23.7 Å². The van der Waals surface area contributed by atoms with Gasteiger partial charge in [0.05, 0.1) is 6.42 Å². The Hall–Kier alpha value is -2.77. The molecule has 28 heavy (non-hydrogen) atoms. The van der Waals surface area contributed by atoms with Gasteiger partial charge in [0.25, 0.3) is 0 Å². The van der Waals surface area contributed by atoms with Gasteiger partial charge < -0.3 is 20.9 Å². The molecule has 4 amide bonds. The number of nitrogens with zero attached hydrogens (tertiary/aromatic N) is 1. The van der Waals surface area contributed by atoms with Crippen molar-refractivity contribution in [3.05, 3.63) is 58.6 Å². The molecule has 1 atom stereocenters. The minimum absolute atomic E-state index is 0.196. The number of para-hydroxylation sites is 1. The average Bonchev–Trinajstić information content (AvgIpc) is 2.63. The summed E-state index contributed by atoms with van der Waals surface area (Å²) in [6, 6.07) is 12.2. The van der Waals surface area contributed by atoms with E-state index in [1.165, 1.54) is 4.90 Å². The second-order valence-electron chi connectivity index (χ2n) is 6.21. The molecule has 0 aliphatic carbocycles. The number of nitrogens with one attached hydrogen (secondary N) is 3. The first-order valence-electron chi connectivity index (χ1n) is 8.59. The van der Waals surface area contributed by atoms with Gasteiger partial charge in [-0.25, -0.2) is 4.79 Å². The zero-order valence-electron chi connectivity index (χ0n) is 14.7. The number of carbonyl (C=O) groups is 3. The first kappa shape index (κ1) is 20.0. The molecule has 0 radical (unpaired) electrons.